The lowest BCUT2D eigenvalue weighted by Crippen LogP contribution is -2.26. The number of nitrogens with one attached hydrogen (secondary N) is 1. The average Bonchev–Trinajstić information content (AvgIpc) is 3.08. The molecule has 0 aromatic heterocycles. The second-order valence-corrected chi connectivity index (χ2v) is 5.56. The second kappa shape index (κ2) is 15.3. The van der Waals surface area contributed by atoms with Crippen molar-refractivity contribution >= 4 is 5.78 Å². The zero-order chi connectivity index (χ0) is 17.7. The maximum absolute atomic E-state index is 9.81. The molecule has 1 aliphatic heterocycles. The summed E-state index contributed by atoms with van der Waals surface area (Å²) in [4.78, 5) is 9.81. The summed E-state index contributed by atoms with van der Waals surface area (Å²) in [7, 11) is 0. The minimum atomic E-state index is 0. The number of rotatable bonds is 5. The van der Waals surface area contributed by atoms with E-state index < -0.39 is 0 Å². The van der Waals surface area contributed by atoms with Crippen molar-refractivity contribution in [2.45, 2.75) is 67.4 Å². The summed E-state index contributed by atoms with van der Waals surface area (Å²) in [5, 5.41) is 3.48. The Kier molecular flexibility index (Phi) is 16.0. The minimum Gasteiger partial charge on any atom is -0.378 e. The van der Waals surface area contributed by atoms with Crippen molar-refractivity contribution < 1.29 is 9.53 Å². The predicted molar refractivity (Wildman–Crippen MR) is 106 cm³/mol. The van der Waals surface area contributed by atoms with E-state index in [4.69, 9.17) is 4.74 Å². The van der Waals surface area contributed by atoms with Crippen molar-refractivity contribution in [1.82, 2.24) is 5.32 Å². The first-order chi connectivity index (χ1) is 11.1. The van der Waals surface area contributed by atoms with Gasteiger partial charge in [0.2, 0.25) is 0 Å². The van der Waals surface area contributed by atoms with Crippen molar-refractivity contribution in [1.29, 1.82) is 0 Å². The van der Waals surface area contributed by atoms with Crippen LogP contribution in [0.15, 0.2) is 30.3 Å². The standard InChI is InChI=1S/C14H21NO.C4H8O.C2H6.CH4/c1-3-16-11(2)13-9-15-10-14(13)12-7-5-4-6-8-12;1-3-4(2)5;1-2;/h4-8,11,13-15H,3,9-10H2,1-2H3;3H2,1-2H3;1-2H3;1H4/t11-,13+,14+;;;/m1.../s1. The summed E-state index contributed by atoms with van der Waals surface area (Å²) in [6, 6.07) is 10.8. The second-order valence-electron chi connectivity index (χ2n) is 5.56. The molecule has 3 nitrogen and oxygen atoms in total. The number of ketones is 1. The van der Waals surface area contributed by atoms with Crippen LogP contribution in [0.2, 0.25) is 0 Å². The highest BCUT2D eigenvalue weighted by Gasteiger charge is 2.32. The summed E-state index contributed by atoms with van der Waals surface area (Å²) < 4.78 is 5.74. The van der Waals surface area contributed by atoms with Crippen LogP contribution in [0.3, 0.4) is 0 Å². The van der Waals surface area contributed by atoms with Gasteiger partial charge in [-0.1, -0.05) is 58.5 Å². The van der Waals surface area contributed by atoms with Crippen molar-refractivity contribution in [3.8, 4) is 0 Å². The number of hydrogen-bond donors (Lipinski definition) is 1. The van der Waals surface area contributed by atoms with E-state index in [0.29, 0.717) is 24.4 Å². The summed E-state index contributed by atoms with van der Waals surface area (Å²) in [6.07, 6.45) is 1.00. The maximum Gasteiger partial charge on any atom is 0.129 e. The number of ether oxygens (including phenoxy) is 1. The van der Waals surface area contributed by atoms with Crippen LogP contribution in [-0.2, 0) is 9.53 Å². The molecule has 3 atom stereocenters. The Hall–Kier alpha value is -1.19. The first-order valence-corrected chi connectivity index (χ1v) is 8.96. The number of benzene rings is 1. The van der Waals surface area contributed by atoms with E-state index in [9.17, 15) is 4.79 Å². The molecule has 1 N–H and O–H groups in total. The molecule has 1 fully saturated rings. The normalized spacial score (nSPS) is 19.8. The summed E-state index contributed by atoms with van der Waals surface area (Å²) in [5.41, 5.74) is 1.43. The fourth-order valence-corrected chi connectivity index (χ4v) is 2.64. The molecule has 1 aromatic carbocycles. The molecule has 0 bridgehead atoms. The Morgan fingerprint density at radius 3 is 2.21 bits per heavy atom. The van der Waals surface area contributed by atoms with Gasteiger partial charge in [-0.05, 0) is 26.3 Å². The van der Waals surface area contributed by atoms with Crippen molar-refractivity contribution in [2.75, 3.05) is 19.7 Å². The molecule has 3 heteroatoms. The van der Waals surface area contributed by atoms with Crippen molar-refractivity contribution in [3.63, 3.8) is 0 Å². The van der Waals surface area contributed by atoms with Crippen molar-refractivity contribution in [2.24, 2.45) is 5.92 Å². The van der Waals surface area contributed by atoms with Gasteiger partial charge in [-0.25, -0.2) is 0 Å². The molecule has 0 saturated carbocycles. The van der Waals surface area contributed by atoms with Gasteiger partial charge in [-0.3, -0.25) is 0 Å². The Bertz CT molecular complexity index is 406. The lowest BCUT2D eigenvalue weighted by Gasteiger charge is -2.25. The monoisotopic (exact) mass is 337 g/mol. The van der Waals surface area contributed by atoms with E-state index in [0.717, 1.165) is 19.7 Å². The Balaban J connectivity index is 0. The molecule has 1 saturated heterocycles. The molecule has 0 radical (unpaired) electrons. The van der Waals surface area contributed by atoms with Crippen LogP contribution >= 0.6 is 0 Å². The SMILES string of the molecule is C.CC.CCC(C)=O.CCO[C@H](C)[C@@H]1CNC[C@H]1c1ccccc1. The Morgan fingerprint density at radius 1 is 1.21 bits per heavy atom. The fraction of sp³-hybridized carbons (Fsp3) is 0.667. The zero-order valence-corrected chi connectivity index (χ0v) is 15.8. The zero-order valence-electron chi connectivity index (χ0n) is 15.8. The quantitative estimate of drug-likeness (QED) is 0.816. The van der Waals surface area contributed by atoms with Crippen LogP contribution in [0.25, 0.3) is 0 Å². The molecule has 0 unspecified atom stereocenters. The highest BCUT2D eigenvalue weighted by Crippen LogP contribution is 2.31. The van der Waals surface area contributed by atoms with Gasteiger partial charge in [0.15, 0.2) is 0 Å². The predicted octanol–water partition coefficient (Wildman–Crippen LogP) is 5.06. The van der Waals surface area contributed by atoms with Crippen LogP contribution in [0.5, 0.6) is 0 Å². The van der Waals surface area contributed by atoms with Crippen LogP contribution in [-0.4, -0.2) is 31.6 Å². The molecule has 2 rings (SSSR count). The third kappa shape index (κ3) is 9.19. The third-order valence-corrected chi connectivity index (χ3v) is 4.02. The molecule has 0 aliphatic carbocycles. The van der Waals surface area contributed by atoms with Crippen molar-refractivity contribution in [3.05, 3.63) is 35.9 Å². The van der Waals surface area contributed by atoms with Gasteiger partial charge in [0.1, 0.15) is 5.78 Å². The van der Waals surface area contributed by atoms with Gasteiger partial charge in [0.25, 0.3) is 0 Å². The maximum atomic E-state index is 9.81. The number of hydrogen-bond acceptors (Lipinski definition) is 3. The highest BCUT2D eigenvalue weighted by molar-refractivity contribution is 5.74. The van der Waals surface area contributed by atoms with Gasteiger partial charge in [-0.15, -0.1) is 0 Å². The lowest BCUT2D eigenvalue weighted by atomic mass is 9.86. The van der Waals surface area contributed by atoms with Gasteiger partial charge in [-0.2, -0.15) is 0 Å². The first-order valence-electron chi connectivity index (χ1n) is 8.96. The summed E-state index contributed by atoms with van der Waals surface area (Å²) in [6.45, 7) is 14.6. The lowest BCUT2D eigenvalue weighted by molar-refractivity contribution is -0.116. The molecular formula is C21H39NO2. The van der Waals surface area contributed by atoms with Gasteiger partial charge >= 0.3 is 0 Å². The minimum absolute atomic E-state index is 0. The molecule has 24 heavy (non-hydrogen) atoms. The molecule has 1 aromatic rings. The van der Waals surface area contributed by atoms with Crippen LogP contribution in [0.1, 0.15) is 66.9 Å². The number of carbonyl (C=O) groups is 1. The first kappa shape index (κ1) is 25.1. The summed E-state index contributed by atoms with van der Waals surface area (Å²) in [5.74, 6) is 1.45. The third-order valence-electron chi connectivity index (χ3n) is 4.02. The molecular weight excluding hydrogens is 298 g/mol. The molecule has 0 amide bonds. The van der Waals surface area contributed by atoms with Gasteiger partial charge < -0.3 is 14.8 Å². The van der Waals surface area contributed by atoms with Gasteiger partial charge in [0, 0.05) is 38.0 Å². The highest BCUT2D eigenvalue weighted by atomic mass is 16.5. The fourth-order valence-electron chi connectivity index (χ4n) is 2.64. The van der Waals surface area contributed by atoms with Crippen LogP contribution in [0, 0.1) is 5.92 Å². The number of carbonyl (C=O) groups excluding carboxylic acids is 1. The molecule has 140 valence electrons. The van der Waals surface area contributed by atoms with E-state index in [2.05, 4.69) is 49.5 Å². The smallest absolute Gasteiger partial charge is 0.129 e. The van der Waals surface area contributed by atoms with E-state index in [1.807, 2.05) is 20.8 Å². The topological polar surface area (TPSA) is 38.3 Å². The van der Waals surface area contributed by atoms with E-state index in [1.165, 1.54) is 5.56 Å². The van der Waals surface area contributed by atoms with E-state index in [1.54, 1.807) is 6.92 Å². The average molecular weight is 338 g/mol. The van der Waals surface area contributed by atoms with Crippen LogP contribution < -0.4 is 5.32 Å². The number of Topliss-reactive ketones (excluding diaryl/α,β-unsaturated/α-hetero) is 1. The largest absolute Gasteiger partial charge is 0.378 e. The molecule has 1 heterocycles. The molecule has 0 spiro atoms. The Labute approximate surface area is 150 Å². The summed E-state index contributed by atoms with van der Waals surface area (Å²) >= 11 is 0. The molecule has 1 aliphatic rings. The Morgan fingerprint density at radius 2 is 1.75 bits per heavy atom. The van der Waals surface area contributed by atoms with E-state index in [-0.39, 0.29) is 13.2 Å². The van der Waals surface area contributed by atoms with Gasteiger partial charge in [0.05, 0.1) is 6.10 Å². The van der Waals surface area contributed by atoms with E-state index >= 15 is 0 Å². The van der Waals surface area contributed by atoms with Crippen LogP contribution in [0.4, 0.5) is 0 Å².